The Labute approximate surface area is 195 Å². The van der Waals surface area contributed by atoms with Crippen LogP contribution in [0.1, 0.15) is 50.3 Å². The van der Waals surface area contributed by atoms with Crippen molar-refractivity contribution in [1.82, 2.24) is 23.3 Å². The first-order valence-electron chi connectivity index (χ1n) is 10.8. The number of anilines is 2. The summed E-state index contributed by atoms with van der Waals surface area (Å²) in [6, 6.07) is 3.70. The summed E-state index contributed by atoms with van der Waals surface area (Å²) >= 11 is 11.3. The predicted molar refractivity (Wildman–Crippen MR) is 130 cm³/mol. The lowest BCUT2D eigenvalue weighted by atomic mass is 9.84. The zero-order valence-electron chi connectivity index (χ0n) is 18.6. The Hall–Kier alpha value is -2.85. The molecule has 0 radical (unpaired) electrons. The maximum absolute atomic E-state index is 13.7. The summed E-state index contributed by atoms with van der Waals surface area (Å²) in [7, 11) is 0. The van der Waals surface area contributed by atoms with E-state index in [0.29, 0.717) is 58.5 Å². The molecule has 3 aromatic heterocycles. The van der Waals surface area contributed by atoms with Gasteiger partial charge in [0.2, 0.25) is 0 Å². The molecule has 0 spiro atoms. The van der Waals surface area contributed by atoms with Crippen LogP contribution in [0.4, 0.5) is 11.6 Å². The largest absolute Gasteiger partial charge is 0.327 e. The molecule has 0 aromatic carbocycles. The first-order valence-corrected chi connectivity index (χ1v) is 11.6. The van der Waals surface area contributed by atoms with E-state index >= 15 is 0 Å². The molecular formula is C22H26N6O2S2. The Morgan fingerprint density at radius 1 is 0.781 bits per heavy atom. The molecular weight excluding hydrogens is 444 g/mol. The normalized spacial score (nSPS) is 12.9. The second-order valence-electron chi connectivity index (χ2n) is 7.52. The summed E-state index contributed by atoms with van der Waals surface area (Å²) in [6.45, 7) is 9.81. The van der Waals surface area contributed by atoms with Crippen LogP contribution in [0.15, 0.2) is 34.1 Å². The van der Waals surface area contributed by atoms with E-state index in [1.807, 2.05) is 49.0 Å². The molecule has 1 aliphatic rings. The third kappa shape index (κ3) is 3.12. The van der Waals surface area contributed by atoms with Crippen LogP contribution in [0.3, 0.4) is 0 Å². The maximum Gasteiger partial charge on any atom is 0.260 e. The lowest BCUT2D eigenvalue weighted by molar-refractivity contribution is 0.579. The first-order chi connectivity index (χ1) is 15.4. The van der Waals surface area contributed by atoms with Crippen molar-refractivity contribution < 1.29 is 0 Å². The van der Waals surface area contributed by atoms with Crippen LogP contribution in [-0.2, 0) is 26.2 Å². The fraction of sp³-hybridized carbons (Fsp3) is 0.409. The van der Waals surface area contributed by atoms with E-state index in [0.717, 1.165) is 5.56 Å². The molecule has 0 atom stereocenters. The highest BCUT2D eigenvalue weighted by Gasteiger charge is 2.37. The number of rotatable bonds is 5. The minimum atomic E-state index is -0.568. The van der Waals surface area contributed by atoms with E-state index < -0.39 is 5.92 Å². The van der Waals surface area contributed by atoms with Crippen molar-refractivity contribution in [2.75, 3.05) is 5.32 Å². The van der Waals surface area contributed by atoms with E-state index in [-0.39, 0.29) is 11.1 Å². The molecule has 168 valence electrons. The number of fused-ring (bicyclic) bond motifs is 2. The zero-order chi connectivity index (χ0) is 23.2. The van der Waals surface area contributed by atoms with E-state index in [9.17, 15) is 9.59 Å². The summed E-state index contributed by atoms with van der Waals surface area (Å²) in [5, 5.41) is 3.40. The lowest BCUT2D eigenvalue weighted by Crippen LogP contribution is -2.39. The Morgan fingerprint density at radius 3 is 1.56 bits per heavy atom. The van der Waals surface area contributed by atoms with Crippen molar-refractivity contribution in [1.29, 1.82) is 0 Å². The summed E-state index contributed by atoms with van der Waals surface area (Å²) in [6.07, 6.45) is 3.36. The average molecular weight is 471 g/mol. The third-order valence-corrected chi connectivity index (χ3v) is 6.92. The molecule has 0 amide bonds. The highest BCUT2D eigenvalue weighted by atomic mass is 32.1. The van der Waals surface area contributed by atoms with Gasteiger partial charge in [0.1, 0.15) is 11.6 Å². The van der Waals surface area contributed by atoms with Crippen molar-refractivity contribution in [3.8, 4) is 0 Å². The van der Waals surface area contributed by atoms with Gasteiger partial charge in [0.15, 0.2) is 9.54 Å². The SMILES string of the molecule is CCn1c2c(c(=O)n(CC)c1=S)C(c1ccncc1)c1c(n(CC)c(=S)n(CC)c1=O)N2. The molecule has 32 heavy (non-hydrogen) atoms. The lowest BCUT2D eigenvalue weighted by Gasteiger charge is -2.33. The molecule has 1 N–H and O–H groups in total. The van der Waals surface area contributed by atoms with Gasteiger partial charge in [-0.15, -0.1) is 0 Å². The summed E-state index contributed by atoms with van der Waals surface area (Å²) in [4.78, 5) is 31.5. The van der Waals surface area contributed by atoms with Crippen LogP contribution in [0.25, 0.3) is 0 Å². The number of nitrogens with zero attached hydrogens (tertiary/aromatic N) is 5. The van der Waals surface area contributed by atoms with Crippen molar-refractivity contribution in [2.45, 2.75) is 59.8 Å². The average Bonchev–Trinajstić information content (AvgIpc) is 2.79. The maximum atomic E-state index is 13.7. The molecule has 0 saturated carbocycles. The Balaban J connectivity index is 2.25. The topological polar surface area (TPSA) is 78.8 Å². The van der Waals surface area contributed by atoms with Gasteiger partial charge in [-0.3, -0.25) is 23.7 Å². The van der Waals surface area contributed by atoms with Crippen LogP contribution in [-0.4, -0.2) is 23.3 Å². The highest BCUT2D eigenvalue weighted by Crippen LogP contribution is 2.41. The molecule has 0 fully saturated rings. The third-order valence-electron chi connectivity index (χ3n) is 6.04. The van der Waals surface area contributed by atoms with E-state index in [1.165, 1.54) is 0 Å². The standard InChI is InChI=1S/C22H26N6O2S2/c1-5-25-17-15(19(29)27(7-3)21(25)31)14(13-9-11-23-12-10-13)16-18(24-17)26(6-2)22(32)28(8-4)20(16)30/h9-12,14,24H,5-8H2,1-4H3. The molecule has 0 aliphatic carbocycles. The molecule has 0 unspecified atom stereocenters. The second kappa shape index (κ2) is 8.59. The molecule has 8 nitrogen and oxygen atoms in total. The number of hydrogen-bond acceptors (Lipinski definition) is 6. The van der Waals surface area contributed by atoms with Crippen molar-refractivity contribution >= 4 is 36.1 Å². The molecule has 0 bridgehead atoms. The van der Waals surface area contributed by atoms with Crippen LogP contribution in [0.5, 0.6) is 0 Å². The van der Waals surface area contributed by atoms with Gasteiger partial charge in [-0.1, -0.05) is 0 Å². The van der Waals surface area contributed by atoms with E-state index in [1.54, 1.807) is 21.5 Å². The van der Waals surface area contributed by atoms with Gasteiger partial charge in [-0.05, 0) is 69.8 Å². The summed E-state index contributed by atoms with van der Waals surface area (Å²) < 4.78 is 7.92. The molecule has 0 saturated heterocycles. The van der Waals surface area contributed by atoms with Gasteiger partial charge >= 0.3 is 0 Å². The minimum absolute atomic E-state index is 0.190. The fourth-order valence-corrected chi connectivity index (χ4v) is 5.39. The Kier molecular flexibility index (Phi) is 6.00. The summed E-state index contributed by atoms with van der Waals surface area (Å²) in [5.41, 5.74) is 1.47. The Morgan fingerprint density at radius 2 is 1.19 bits per heavy atom. The number of pyridine rings is 1. The van der Waals surface area contributed by atoms with Crippen molar-refractivity contribution in [3.05, 3.63) is 71.5 Å². The highest BCUT2D eigenvalue weighted by molar-refractivity contribution is 7.71. The fourth-order valence-electron chi connectivity index (χ4n) is 4.52. The predicted octanol–water partition coefficient (Wildman–Crippen LogP) is 3.78. The van der Waals surface area contributed by atoms with Crippen LogP contribution >= 0.6 is 24.4 Å². The van der Waals surface area contributed by atoms with Gasteiger partial charge < -0.3 is 14.5 Å². The summed E-state index contributed by atoms with van der Waals surface area (Å²) in [5.74, 6) is 0.667. The van der Waals surface area contributed by atoms with Crippen molar-refractivity contribution in [2.24, 2.45) is 0 Å². The number of aromatic nitrogens is 5. The zero-order valence-corrected chi connectivity index (χ0v) is 20.2. The molecule has 4 heterocycles. The van der Waals surface area contributed by atoms with E-state index in [2.05, 4.69) is 10.3 Å². The first kappa shape index (κ1) is 22.3. The molecule has 4 rings (SSSR count). The van der Waals surface area contributed by atoms with Gasteiger partial charge in [0.25, 0.3) is 11.1 Å². The molecule has 1 aliphatic heterocycles. The Bertz CT molecular complexity index is 1340. The molecule has 10 heteroatoms. The van der Waals surface area contributed by atoms with Gasteiger partial charge in [0.05, 0.1) is 17.0 Å². The number of nitrogens with one attached hydrogen (secondary N) is 1. The molecule has 3 aromatic rings. The second-order valence-corrected chi connectivity index (χ2v) is 8.25. The van der Waals surface area contributed by atoms with E-state index in [4.69, 9.17) is 24.4 Å². The monoisotopic (exact) mass is 470 g/mol. The van der Waals surface area contributed by atoms with Crippen LogP contribution in [0, 0.1) is 9.54 Å². The minimum Gasteiger partial charge on any atom is -0.327 e. The quantitative estimate of drug-likeness (QED) is 0.447. The van der Waals surface area contributed by atoms with Crippen LogP contribution in [0.2, 0.25) is 0 Å². The van der Waals surface area contributed by atoms with Gasteiger partial charge in [0, 0.05) is 38.6 Å². The van der Waals surface area contributed by atoms with Gasteiger partial charge in [-0.25, -0.2) is 0 Å². The van der Waals surface area contributed by atoms with Crippen molar-refractivity contribution in [3.63, 3.8) is 0 Å². The smallest absolute Gasteiger partial charge is 0.260 e. The van der Waals surface area contributed by atoms with Gasteiger partial charge in [-0.2, -0.15) is 0 Å². The van der Waals surface area contributed by atoms with Crippen LogP contribution < -0.4 is 16.4 Å². The number of hydrogen-bond donors (Lipinski definition) is 1.